The van der Waals surface area contributed by atoms with E-state index in [0.29, 0.717) is 18.0 Å². The zero-order chi connectivity index (χ0) is 13.7. The molecule has 5 heteroatoms. The Morgan fingerprint density at radius 3 is 2.95 bits per heavy atom. The van der Waals surface area contributed by atoms with E-state index in [9.17, 15) is 4.39 Å². The van der Waals surface area contributed by atoms with Crippen molar-refractivity contribution in [3.05, 3.63) is 53.1 Å². The lowest BCUT2D eigenvalue weighted by Gasteiger charge is -2.11. The first-order valence-corrected chi connectivity index (χ1v) is 6.35. The molecular weight excluding hydrogens is 267 g/mol. The Morgan fingerprint density at radius 2 is 2.21 bits per heavy atom. The smallest absolute Gasteiger partial charge is 0.145 e. The molecule has 0 spiro atoms. The van der Waals surface area contributed by atoms with Crippen LogP contribution in [0.3, 0.4) is 0 Å². The molecule has 1 aromatic heterocycles. The maximum Gasteiger partial charge on any atom is 0.145 e. The van der Waals surface area contributed by atoms with Crippen molar-refractivity contribution in [3.63, 3.8) is 0 Å². The highest BCUT2D eigenvalue weighted by molar-refractivity contribution is 6.30. The first kappa shape index (κ1) is 13.8. The van der Waals surface area contributed by atoms with Crippen molar-refractivity contribution in [2.75, 3.05) is 6.54 Å². The number of pyridine rings is 1. The molecule has 0 aliphatic heterocycles. The van der Waals surface area contributed by atoms with Crippen molar-refractivity contribution in [2.45, 2.75) is 13.5 Å². The van der Waals surface area contributed by atoms with Crippen molar-refractivity contribution in [2.24, 2.45) is 0 Å². The zero-order valence-electron chi connectivity index (χ0n) is 10.5. The maximum absolute atomic E-state index is 13.3. The van der Waals surface area contributed by atoms with Crippen LogP contribution in [-0.2, 0) is 6.54 Å². The summed E-state index contributed by atoms with van der Waals surface area (Å²) in [6, 6.07) is 6.11. The average molecular weight is 281 g/mol. The van der Waals surface area contributed by atoms with E-state index in [-0.39, 0.29) is 5.02 Å². The molecule has 3 nitrogen and oxygen atoms in total. The van der Waals surface area contributed by atoms with Gasteiger partial charge < -0.3 is 10.1 Å². The number of ether oxygens (including phenoxy) is 1. The molecule has 0 aliphatic carbocycles. The van der Waals surface area contributed by atoms with E-state index in [1.54, 1.807) is 24.5 Å². The summed E-state index contributed by atoms with van der Waals surface area (Å²) in [5, 5.41) is 3.27. The van der Waals surface area contributed by atoms with Gasteiger partial charge in [-0.1, -0.05) is 18.5 Å². The van der Waals surface area contributed by atoms with Crippen LogP contribution in [0.15, 0.2) is 36.7 Å². The lowest BCUT2D eigenvalue weighted by molar-refractivity contribution is 0.467. The number of hydrogen-bond acceptors (Lipinski definition) is 3. The van der Waals surface area contributed by atoms with Gasteiger partial charge in [0.2, 0.25) is 0 Å². The summed E-state index contributed by atoms with van der Waals surface area (Å²) in [7, 11) is 0. The van der Waals surface area contributed by atoms with Gasteiger partial charge in [-0.2, -0.15) is 0 Å². The van der Waals surface area contributed by atoms with Gasteiger partial charge in [-0.3, -0.25) is 4.98 Å². The van der Waals surface area contributed by atoms with E-state index in [1.165, 1.54) is 12.1 Å². The van der Waals surface area contributed by atoms with Gasteiger partial charge in [0.05, 0.1) is 5.02 Å². The summed E-state index contributed by atoms with van der Waals surface area (Å²) in [6.45, 7) is 3.52. The fourth-order valence-corrected chi connectivity index (χ4v) is 1.69. The van der Waals surface area contributed by atoms with Crippen LogP contribution in [-0.4, -0.2) is 11.5 Å². The first-order chi connectivity index (χ1) is 9.20. The third kappa shape index (κ3) is 3.66. The molecule has 0 fully saturated rings. The van der Waals surface area contributed by atoms with Gasteiger partial charge in [-0.25, -0.2) is 4.39 Å². The van der Waals surface area contributed by atoms with E-state index in [1.807, 2.05) is 6.92 Å². The summed E-state index contributed by atoms with van der Waals surface area (Å²) in [4.78, 5) is 4.06. The second-order valence-corrected chi connectivity index (χ2v) is 4.35. The van der Waals surface area contributed by atoms with Gasteiger partial charge >= 0.3 is 0 Å². The van der Waals surface area contributed by atoms with Crippen LogP contribution in [0.5, 0.6) is 11.5 Å². The lowest BCUT2D eigenvalue weighted by Crippen LogP contribution is -2.12. The molecule has 0 radical (unpaired) electrons. The van der Waals surface area contributed by atoms with Crippen molar-refractivity contribution >= 4 is 11.6 Å². The Hall–Kier alpha value is -1.65. The van der Waals surface area contributed by atoms with Crippen molar-refractivity contribution in [3.8, 4) is 11.5 Å². The van der Waals surface area contributed by atoms with Gasteiger partial charge in [0, 0.05) is 30.6 Å². The first-order valence-electron chi connectivity index (χ1n) is 5.97. The molecule has 1 N–H and O–H groups in total. The fraction of sp³-hybridized carbons (Fsp3) is 0.214. The van der Waals surface area contributed by atoms with E-state index in [4.69, 9.17) is 16.3 Å². The summed E-state index contributed by atoms with van der Waals surface area (Å²) in [5.41, 5.74) is 0.916. The lowest BCUT2D eigenvalue weighted by atomic mass is 10.2. The molecule has 1 heterocycles. The van der Waals surface area contributed by atoms with Crippen molar-refractivity contribution in [1.82, 2.24) is 10.3 Å². The molecule has 1 aromatic carbocycles. The Labute approximate surface area is 116 Å². The highest BCUT2D eigenvalue weighted by atomic mass is 35.5. The molecular formula is C14H14ClFN2O. The fourth-order valence-electron chi connectivity index (χ4n) is 1.57. The Balaban J connectivity index is 2.20. The summed E-state index contributed by atoms with van der Waals surface area (Å²) >= 11 is 5.63. The number of aromatic nitrogens is 1. The quantitative estimate of drug-likeness (QED) is 0.905. The van der Waals surface area contributed by atoms with Crippen molar-refractivity contribution in [1.29, 1.82) is 0 Å². The molecule has 2 aromatic rings. The van der Waals surface area contributed by atoms with Crippen LogP contribution in [0.2, 0.25) is 5.02 Å². The summed E-state index contributed by atoms with van der Waals surface area (Å²) in [5.74, 6) is 0.560. The Morgan fingerprint density at radius 1 is 1.37 bits per heavy atom. The van der Waals surface area contributed by atoms with Gasteiger partial charge in [0.1, 0.15) is 17.3 Å². The van der Waals surface area contributed by atoms with Gasteiger partial charge in [0.25, 0.3) is 0 Å². The topological polar surface area (TPSA) is 34.2 Å². The monoisotopic (exact) mass is 280 g/mol. The standard InChI is InChI=1S/C14H14ClFN2O/c1-2-17-8-10-9-18-6-5-14(10)19-11-3-4-12(15)13(16)7-11/h3-7,9,17H,2,8H2,1H3. The normalized spacial score (nSPS) is 10.5. The molecule has 100 valence electrons. The second-order valence-electron chi connectivity index (χ2n) is 3.94. The van der Waals surface area contributed by atoms with Crippen LogP contribution in [0.25, 0.3) is 0 Å². The van der Waals surface area contributed by atoms with Crippen LogP contribution in [0.4, 0.5) is 4.39 Å². The predicted molar refractivity (Wildman–Crippen MR) is 73.1 cm³/mol. The third-order valence-corrected chi connectivity index (χ3v) is 2.85. The van der Waals surface area contributed by atoms with E-state index in [0.717, 1.165) is 12.1 Å². The number of nitrogens with one attached hydrogen (secondary N) is 1. The summed E-state index contributed by atoms with van der Waals surface area (Å²) in [6.07, 6.45) is 3.36. The van der Waals surface area contributed by atoms with Crippen LogP contribution >= 0.6 is 11.6 Å². The highest BCUT2D eigenvalue weighted by Gasteiger charge is 2.07. The molecule has 19 heavy (non-hydrogen) atoms. The molecule has 0 aliphatic rings. The highest BCUT2D eigenvalue weighted by Crippen LogP contribution is 2.27. The Bertz CT molecular complexity index is 563. The number of hydrogen-bond donors (Lipinski definition) is 1. The minimum atomic E-state index is -0.499. The number of nitrogens with zero attached hydrogens (tertiary/aromatic N) is 1. The van der Waals surface area contributed by atoms with Gasteiger partial charge in [-0.15, -0.1) is 0 Å². The van der Waals surface area contributed by atoms with Crippen LogP contribution in [0.1, 0.15) is 12.5 Å². The molecule has 2 rings (SSSR count). The molecule has 0 saturated heterocycles. The van der Waals surface area contributed by atoms with Crippen LogP contribution in [0, 0.1) is 5.82 Å². The zero-order valence-corrected chi connectivity index (χ0v) is 11.2. The SMILES string of the molecule is CCNCc1cnccc1Oc1ccc(Cl)c(F)c1. The van der Waals surface area contributed by atoms with Gasteiger partial charge in [0.15, 0.2) is 0 Å². The number of benzene rings is 1. The van der Waals surface area contributed by atoms with Gasteiger partial charge in [-0.05, 0) is 24.7 Å². The van der Waals surface area contributed by atoms with Crippen molar-refractivity contribution < 1.29 is 9.13 Å². The number of halogens is 2. The molecule has 0 unspecified atom stereocenters. The summed E-state index contributed by atoms with van der Waals surface area (Å²) < 4.78 is 19.0. The average Bonchev–Trinajstić information content (AvgIpc) is 2.42. The molecule has 0 atom stereocenters. The third-order valence-electron chi connectivity index (χ3n) is 2.54. The minimum absolute atomic E-state index is 0.0787. The minimum Gasteiger partial charge on any atom is -0.457 e. The van der Waals surface area contributed by atoms with E-state index >= 15 is 0 Å². The second kappa shape index (κ2) is 6.50. The van der Waals surface area contributed by atoms with E-state index < -0.39 is 5.82 Å². The molecule has 0 saturated carbocycles. The largest absolute Gasteiger partial charge is 0.457 e. The molecule has 0 bridgehead atoms. The van der Waals surface area contributed by atoms with E-state index in [2.05, 4.69) is 10.3 Å². The predicted octanol–water partition coefficient (Wildman–Crippen LogP) is 3.78. The maximum atomic E-state index is 13.3. The number of rotatable bonds is 5. The Kier molecular flexibility index (Phi) is 4.71. The molecule has 0 amide bonds. The van der Waals surface area contributed by atoms with Crippen LogP contribution < -0.4 is 10.1 Å².